The van der Waals surface area contributed by atoms with Gasteiger partial charge in [-0.05, 0) is 37.5 Å². The van der Waals surface area contributed by atoms with Gasteiger partial charge in [-0.1, -0.05) is 0 Å². The van der Waals surface area contributed by atoms with Crippen LogP contribution in [0.25, 0.3) is 0 Å². The van der Waals surface area contributed by atoms with Gasteiger partial charge < -0.3 is 33.2 Å². The summed E-state index contributed by atoms with van der Waals surface area (Å²) in [5, 5.41) is 0. The van der Waals surface area contributed by atoms with Crippen molar-refractivity contribution in [3.8, 4) is 0 Å². The van der Waals surface area contributed by atoms with Crippen LogP contribution in [0.1, 0.15) is 32.1 Å². The normalized spacial score (nSPS) is 39.9. The van der Waals surface area contributed by atoms with Crippen molar-refractivity contribution in [1.29, 1.82) is 0 Å². The molecule has 0 aliphatic carbocycles. The van der Waals surface area contributed by atoms with Gasteiger partial charge in [-0.25, -0.2) is 0 Å². The van der Waals surface area contributed by atoms with Crippen molar-refractivity contribution in [2.45, 2.75) is 68.9 Å². The average Bonchev–Trinajstić information content (AvgIpc) is 3.41. The molecule has 0 N–H and O–H groups in total. The Bertz CT molecular complexity index is 414. The van der Waals surface area contributed by atoms with Crippen molar-refractivity contribution in [3.05, 3.63) is 0 Å². The molecule has 7 nitrogen and oxygen atoms in total. The van der Waals surface area contributed by atoms with Crippen molar-refractivity contribution in [2.75, 3.05) is 46.2 Å². The summed E-state index contributed by atoms with van der Waals surface area (Å²) in [4.78, 5) is 0. The molecular formula is C19H30O7. The summed E-state index contributed by atoms with van der Waals surface area (Å²) < 4.78 is 39.3. The molecule has 5 rings (SSSR count). The highest BCUT2D eigenvalue weighted by molar-refractivity contribution is 4.94. The first-order valence-electron chi connectivity index (χ1n) is 10.1. The molecule has 5 fully saturated rings. The summed E-state index contributed by atoms with van der Waals surface area (Å²) in [5.41, 5.74) is 0.195. The monoisotopic (exact) mass is 370 g/mol. The largest absolute Gasteiger partial charge is 0.373 e. The molecule has 5 aliphatic heterocycles. The Balaban J connectivity index is 1.18. The van der Waals surface area contributed by atoms with E-state index in [1.807, 2.05) is 0 Å². The van der Waals surface area contributed by atoms with Crippen LogP contribution >= 0.6 is 0 Å². The lowest BCUT2D eigenvalue weighted by Crippen LogP contribution is -2.31. The van der Waals surface area contributed by atoms with Gasteiger partial charge in [0.25, 0.3) is 0 Å². The number of rotatable bonds is 15. The lowest BCUT2D eigenvalue weighted by atomic mass is 9.72. The minimum absolute atomic E-state index is 0.192. The molecule has 0 aromatic rings. The fourth-order valence-corrected chi connectivity index (χ4v) is 3.96. The van der Waals surface area contributed by atoms with E-state index < -0.39 is 0 Å². The van der Waals surface area contributed by atoms with E-state index >= 15 is 0 Å². The molecule has 0 aromatic heterocycles. The minimum atomic E-state index is -0.192. The maximum Gasteiger partial charge on any atom is 0.157 e. The van der Waals surface area contributed by atoms with Crippen molar-refractivity contribution in [2.24, 2.45) is 5.41 Å². The lowest BCUT2D eigenvalue weighted by Gasteiger charge is -2.34. The van der Waals surface area contributed by atoms with Crippen LogP contribution in [-0.4, -0.2) is 83.1 Å². The molecule has 148 valence electrons. The highest BCUT2D eigenvalue weighted by Gasteiger charge is 2.46. The first-order valence-corrected chi connectivity index (χ1v) is 10.1. The zero-order valence-electron chi connectivity index (χ0n) is 15.3. The number of hydrogen-bond acceptors (Lipinski definition) is 7. The third kappa shape index (κ3) is 5.86. The van der Waals surface area contributed by atoms with E-state index in [0.29, 0.717) is 31.5 Å². The molecule has 7 heteroatoms. The first kappa shape index (κ1) is 17.8. The average molecular weight is 370 g/mol. The molecule has 0 saturated carbocycles. The van der Waals surface area contributed by atoms with E-state index in [-0.39, 0.29) is 23.9 Å². The summed E-state index contributed by atoms with van der Waals surface area (Å²) in [5.74, 6) is 0. The van der Waals surface area contributed by atoms with Crippen molar-refractivity contribution in [3.63, 3.8) is 0 Å². The minimum Gasteiger partial charge on any atom is -0.373 e. The van der Waals surface area contributed by atoms with Crippen molar-refractivity contribution >= 4 is 0 Å². The van der Waals surface area contributed by atoms with E-state index in [1.54, 1.807) is 0 Å². The summed E-state index contributed by atoms with van der Waals surface area (Å²) in [6.07, 6.45) is 6.76. The van der Waals surface area contributed by atoms with E-state index in [1.165, 1.54) is 0 Å². The summed E-state index contributed by atoms with van der Waals surface area (Å²) in [6, 6.07) is 0. The molecule has 0 amide bonds. The second-order valence-electron chi connectivity index (χ2n) is 8.52. The topological polar surface area (TPSA) is 81.1 Å². The predicted octanol–water partition coefficient (Wildman–Crippen LogP) is 1.28. The van der Waals surface area contributed by atoms with Gasteiger partial charge in [-0.3, -0.25) is 0 Å². The molecule has 5 unspecified atom stereocenters. The Morgan fingerprint density at radius 3 is 1.38 bits per heavy atom. The highest BCUT2D eigenvalue weighted by atomic mass is 16.7. The van der Waals surface area contributed by atoms with Crippen LogP contribution in [-0.2, 0) is 33.2 Å². The maximum absolute atomic E-state index is 6.00. The molecule has 5 atom stereocenters. The van der Waals surface area contributed by atoms with Gasteiger partial charge in [-0.15, -0.1) is 0 Å². The third-order valence-electron chi connectivity index (χ3n) is 5.84. The molecule has 0 bridgehead atoms. The summed E-state index contributed by atoms with van der Waals surface area (Å²) in [6.45, 7) is 5.53. The first-order chi connectivity index (χ1) is 12.8. The molecule has 5 heterocycles. The van der Waals surface area contributed by atoms with Gasteiger partial charge in [0.1, 0.15) is 12.2 Å². The van der Waals surface area contributed by atoms with Gasteiger partial charge >= 0.3 is 0 Å². The van der Waals surface area contributed by atoms with Crippen LogP contribution in [0, 0.1) is 5.41 Å². The highest BCUT2D eigenvalue weighted by Crippen LogP contribution is 2.47. The Morgan fingerprint density at radius 1 is 0.654 bits per heavy atom. The Hall–Kier alpha value is -0.280. The molecule has 5 aliphatic rings. The number of hydrogen-bond donors (Lipinski definition) is 0. The number of epoxide rings is 5. The zero-order chi connectivity index (χ0) is 17.4. The second kappa shape index (κ2) is 7.62. The van der Waals surface area contributed by atoms with Crippen LogP contribution in [0.2, 0.25) is 0 Å². The van der Waals surface area contributed by atoms with E-state index in [2.05, 4.69) is 0 Å². The van der Waals surface area contributed by atoms with Crippen LogP contribution in [0.5, 0.6) is 0 Å². The smallest absolute Gasteiger partial charge is 0.157 e. The van der Waals surface area contributed by atoms with Gasteiger partial charge in [0, 0.05) is 0 Å². The van der Waals surface area contributed by atoms with Crippen LogP contribution < -0.4 is 0 Å². The predicted molar refractivity (Wildman–Crippen MR) is 89.9 cm³/mol. The number of ether oxygens (including phenoxy) is 7. The van der Waals surface area contributed by atoms with Gasteiger partial charge in [0.05, 0.1) is 64.6 Å². The van der Waals surface area contributed by atoms with E-state index in [4.69, 9.17) is 33.2 Å². The standard InChI is InChI=1S/C19H30O7/c1(18(25-11-16-9-23-16)26-12-17-10-24-17)2-19(3-13-6-20-13,4-14-7-21-14)5-15-8-22-15/h13-18H,1-12H2. The third-order valence-corrected chi connectivity index (χ3v) is 5.84. The van der Waals surface area contributed by atoms with Gasteiger partial charge in [0.2, 0.25) is 0 Å². The summed E-state index contributed by atoms with van der Waals surface area (Å²) >= 11 is 0. The maximum atomic E-state index is 6.00. The van der Waals surface area contributed by atoms with Crippen LogP contribution in [0.4, 0.5) is 0 Å². The Kier molecular flexibility index (Phi) is 5.22. The molecule has 5 saturated heterocycles. The Morgan fingerprint density at radius 2 is 1.04 bits per heavy atom. The molecule has 0 aromatic carbocycles. The van der Waals surface area contributed by atoms with Gasteiger partial charge in [-0.2, -0.15) is 0 Å². The van der Waals surface area contributed by atoms with Gasteiger partial charge in [0.15, 0.2) is 6.29 Å². The molecular weight excluding hydrogens is 340 g/mol. The molecule has 0 radical (unpaired) electrons. The SMILES string of the molecule is C1OC1COC(CCC(CC1CO1)(CC1CO1)CC1CO1)OCC1CO1. The lowest BCUT2D eigenvalue weighted by molar-refractivity contribution is -0.155. The molecule has 26 heavy (non-hydrogen) atoms. The Labute approximate surface area is 154 Å². The van der Waals surface area contributed by atoms with Crippen LogP contribution in [0.3, 0.4) is 0 Å². The second-order valence-corrected chi connectivity index (χ2v) is 8.52. The summed E-state index contributed by atoms with van der Waals surface area (Å²) in [7, 11) is 0. The zero-order valence-corrected chi connectivity index (χ0v) is 15.3. The fraction of sp³-hybridized carbons (Fsp3) is 1.00. The molecule has 0 spiro atoms. The van der Waals surface area contributed by atoms with Crippen molar-refractivity contribution < 1.29 is 33.2 Å². The van der Waals surface area contributed by atoms with Crippen molar-refractivity contribution in [1.82, 2.24) is 0 Å². The fourth-order valence-electron chi connectivity index (χ4n) is 3.96. The van der Waals surface area contributed by atoms with Crippen LogP contribution in [0.15, 0.2) is 0 Å². The quantitative estimate of drug-likeness (QED) is 0.317. The van der Waals surface area contributed by atoms with E-state index in [0.717, 1.165) is 65.1 Å². The van der Waals surface area contributed by atoms with E-state index in [9.17, 15) is 0 Å².